The molecule has 3 N–H and O–H groups in total. The van der Waals surface area contributed by atoms with Crippen LogP contribution in [0.25, 0.3) is 0 Å². The van der Waals surface area contributed by atoms with Gasteiger partial charge in [-0.25, -0.2) is 0 Å². The summed E-state index contributed by atoms with van der Waals surface area (Å²) in [5, 5.41) is 4.27. The van der Waals surface area contributed by atoms with Gasteiger partial charge in [-0.15, -0.1) is 0 Å². The van der Waals surface area contributed by atoms with E-state index in [1.54, 1.807) is 0 Å². The molecule has 0 bridgehead atoms. The first kappa shape index (κ1) is 12.2. The van der Waals surface area contributed by atoms with Crippen LogP contribution < -0.4 is 11.2 Å². The van der Waals surface area contributed by atoms with Crippen molar-refractivity contribution < 1.29 is 0 Å². The van der Waals surface area contributed by atoms with Gasteiger partial charge in [-0.2, -0.15) is 5.10 Å². The highest BCUT2D eigenvalue weighted by Crippen LogP contribution is 2.31. The summed E-state index contributed by atoms with van der Waals surface area (Å²) in [6, 6.07) is 0. The molecule has 1 rings (SSSR count). The Bertz CT molecular complexity index is 296. The van der Waals surface area contributed by atoms with E-state index in [0.717, 1.165) is 6.42 Å². The second-order valence-electron chi connectivity index (χ2n) is 4.39. The lowest BCUT2D eigenvalue weighted by Crippen LogP contribution is -2.28. The lowest BCUT2D eigenvalue weighted by Gasteiger charge is -2.29. The number of allylic oxidation sites excluding steroid dienone is 2. The smallest absolute Gasteiger partial charge is 0.184 e. The van der Waals surface area contributed by atoms with Crippen LogP contribution in [0.3, 0.4) is 0 Å². The zero-order valence-electron chi connectivity index (χ0n) is 9.53. The van der Waals surface area contributed by atoms with Gasteiger partial charge in [0.05, 0.1) is 0 Å². The molecule has 15 heavy (non-hydrogen) atoms. The predicted molar refractivity (Wildman–Crippen MR) is 68.6 cm³/mol. The van der Waals surface area contributed by atoms with Crippen molar-refractivity contribution in [2.24, 2.45) is 28.6 Å². The molecule has 0 aliphatic heterocycles. The largest absolute Gasteiger partial charge is 0.375 e. The van der Waals surface area contributed by atoms with E-state index < -0.39 is 0 Å². The number of hydrazone groups is 1. The average Bonchev–Trinajstić information content (AvgIpc) is 2.08. The maximum absolute atomic E-state index is 5.29. The molecular formula is C11H19N3S. The number of nitrogens with two attached hydrogens (primary N) is 1. The van der Waals surface area contributed by atoms with Crippen molar-refractivity contribution in [2.45, 2.75) is 27.2 Å². The Balaban J connectivity index is 2.61. The summed E-state index contributed by atoms with van der Waals surface area (Å²) < 4.78 is 0. The highest BCUT2D eigenvalue weighted by Gasteiger charge is 2.25. The molecule has 3 atom stereocenters. The lowest BCUT2D eigenvalue weighted by atomic mass is 9.76. The molecule has 0 saturated heterocycles. The first-order valence-electron chi connectivity index (χ1n) is 5.26. The Morgan fingerprint density at radius 1 is 1.67 bits per heavy atom. The molecule has 0 aromatic rings. The number of thiocarbonyl (C=S) groups is 1. The fraction of sp³-hybridized carbons (Fsp3) is 0.636. The fourth-order valence-corrected chi connectivity index (χ4v) is 2.31. The summed E-state index contributed by atoms with van der Waals surface area (Å²) in [6.45, 7) is 6.66. The minimum absolute atomic E-state index is 0.217. The first-order chi connectivity index (χ1) is 7.00. The highest BCUT2D eigenvalue weighted by molar-refractivity contribution is 7.80. The Morgan fingerprint density at radius 3 is 2.87 bits per heavy atom. The first-order valence-corrected chi connectivity index (χ1v) is 5.67. The fourth-order valence-electron chi connectivity index (χ4n) is 2.26. The summed E-state index contributed by atoms with van der Waals surface area (Å²) in [5.74, 6) is 1.63. The maximum Gasteiger partial charge on any atom is 0.184 e. The highest BCUT2D eigenvalue weighted by atomic mass is 32.1. The average molecular weight is 225 g/mol. The number of rotatable bonds is 2. The summed E-state index contributed by atoms with van der Waals surface area (Å²) in [5.41, 5.74) is 9.37. The monoisotopic (exact) mass is 225 g/mol. The summed E-state index contributed by atoms with van der Waals surface area (Å²) in [6.07, 6.45) is 5.39. The van der Waals surface area contributed by atoms with Crippen LogP contribution in [0.5, 0.6) is 0 Å². The van der Waals surface area contributed by atoms with E-state index in [0.29, 0.717) is 17.8 Å². The van der Waals surface area contributed by atoms with Crippen molar-refractivity contribution in [3.05, 3.63) is 11.6 Å². The van der Waals surface area contributed by atoms with Crippen molar-refractivity contribution in [2.75, 3.05) is 0 Å². The van der Waals surface area contributed by atoms with Crippen LogP contribution in [-0.4, -0.2) is 11.3 Å². The summed E-state index contributed by atoms with van der Waals surface area (Å²) in [7, 11) is 0. The second kappa shape index (κ2) is 5.26. The van der Waals surface area contributed by atoms with E-state index in [4.69, 9.17) is 5.73 Å². The quantitative estimate of drug-likeness (QED) is 0.327. The molecule has 84 valence electrons. The van der Waals surface area contributed by atoms with Gasteiger partial charge in [0.15, 0.2) is 5.11 Å². The lowest BCUT2D eigenvalue weighted by molar-refractivity contribution is 0.362. The number of hydrogen-bond donors (Lipinski definition) is 2. The Kier molecular flexibility index (Phi) is 4.27. The molecule has 0 unspecified atom stereocenters. The molecule has 0 fully saturated rings. The molecule has 0 aromatic carbocycles. The van der Waals surface area contributed by atoms with Crippen LogP contribution in [0.4, 0.5) is 0 Å². The SMILES string of the molecule is CC1=C[C@H](C)[C@H](/C=N\NC(N)=S)[C@@H](C)C1. The van der Waals surface area contributed by atoms with Gasteiger partial charge in [0, 0.05) is 12.1 Å². The number of hydrogen-bond acceptors (Lipinski definition) is 2. The summed E-state index contributed by atoms with van der Waals surface area (Å²) >= 11 is 4.68. The van der Waals surface area contributed by atoms with Crippen molar-refractivity contribution >= 4 is 23.5 Å². The van der Waals surface area contributed by atoms with Gasteiger partial charge in [0.1, 0.15) is 0 Å². The van der Waals surface area contributed by atoms with E-state index in [2.05, 4.69) is 49.6 Å². The van der Waals surface area contributed by atoms with E-state index in [1.165, 1.54) is 5.57 Å². The number of nitrogens with zero attached hydrogens (tertiary/aromatic N) is 1. The van der Waals surface area contributed by atoms with E-state index in [-0.39, 0.29) is 5.11 Å². The van der Waals surface area contributed by atoms with Crippen LogP contribution in [0.2, 0.25) is 0 Å². The molecule has 1 aliphatic carbocycles. The number of nitrogens with one attached hydrogen (secondary N) is 1. The maximum atomic E-state index is 5.29. The third kappa shape index (κ3) is 3.63. The topological polar surface area (TPSA) is 50.4 Å². The second-order valence-corrected chi connectivity index (χ2v) is 4.82. The molecule has 0 radical (unpaired) electrons. The Labute approximate surface area is 96.8 Å². The summed E-state index contributed by atoms with van der Waals surface area (Å²) in [4.78, 5) is 0. The van der Waals surface area contributed by atoms with Crippen molar-refractivity contribution in [3.8, 4) is 0 Å². The predicted octanol–water partition coefficient (Wildman–Crippen LogP) is 2.04. The van der Waals surface area contributed by atoms with Gasteiger partial charge in [0.25, 0.3) is 0 Å². The van der Waals surface area contributed by atoms with Crippen LogP contribution in [0.15, 0.2) is 16.8 Å². The minimum atomic E-state index is 0.217. The molecule has 0 heterocycles. The van der Waals surface area contributed by atoms with E-state index in [1.807, 2.05) is 6.21 Å². The Hall–Kier alpha value is -0.900. The van der Waals surface area contributed by atoms with Crippen LogP contribution >= 0.6 is 12.2 Å². The molecule has 0 amide bonds. The van der Waals surface area contributed by atoms with Gasteiger partial charge in [-0.05, 0) is 37.4 Å². The van der Waals surface area contributed by atoms with Crippen molar-refractivity contribution in [1.82, 2.24) is 5.43 Å². The van der Waals surface area contributed by atoms with Crippen LogP contribution in [0, 0.1) is 17.8 Å². The van der Waals surface area contributed by atoms with Crippen molar-refractivity contribution in [1.29, 1.82) is 0 Å². The molecule has 0 spiro atoms. The zero-order valence-corrected chi connectivity index (χ0v) is 10.3. The van der Waals surface area contributed by atoms with Gasteiger partial charge < -0.3 is 5.73 Å². The van der Waals surface area contributed by atoms with Gasteiger partial charge in [-0.3, -0.25) is 5.43 Å². The zero-order chi connectivity index (χ0) is 11.4. The van der Waals surface area contributed by atoms with Gasteiger partial charge in [-0.1, -0.05) is 25.5 Å². The molecule has 3 nitrogen and oxygen atoms in total. The normalized spacial score (nSPS) is 31.4. The third-order valence-corrected chi connectivity index (χ3v) is 2.97. The van der Waals surface area contributed by atoms with E-state index in [9.17, 15) is 0 Å². The molecule has 1 aliphatic rings. The third-order valence-electron chi connectivity index (χ3n) is 2.88. The molecular weight excluding hydrogens is 206 g/mol. The van der Waals surface area contributed by atoms with Crippen molar-refractivity contribution in [3.63, 3.8) is 0 Å². The van der Waals surface area contributed by atoms with Gasteiger partial charge >= 0.3 is 0 Å². The van der Waals surface area contributed by atoms with E-state index >= 15 is 0 Å². The van der Waals surface area contributed by atoms with Crippen LogP contribution in [-0.2, 0) is 0 Å². The molecule has 0 aromatic heterocycles. The molecule has 0 saturated carbocycles. The molecule has 4 heteroatoms. The van der Waals surface area contributed by atoms with Crippen LogP contribution in [0.1, 0.15) is 27.2 Å². The standard InChI is InChI=1S/C11H19N3S/c1-7-4-8(2)10(9(3)5-7)6-13-14-11(12)15/h4,6,8-10H,5H2,1-3H3,(H3,12,14,15)/b13-6-/t8-,9-,10-/m0/s1. The van der Waals surface area contributed by atoms with Gasteiger partial charge in [0.2, 0.25) is 0 Å². The minimum Gasteiger partial charge on any atom is -0.375 e. The Morgan fingerprint density at radius 2 is 2.33 bits per heavy atom.